The van der Waals surface area contributed by atoms with Crippen LogP contribution in [0.3, 0.4) is 0 Å². The van der Waals surface area contributed by atoms with Gasteiger partial charge in [0.05, 0.1) is 9.85 Å². The molecule has 0 aliphatic rings. The van der Waals surface area contributed by atoms with Crippen LogP contribution in [0.2, 0.25) is 0 Å². The summed E-state index contributed by atoms with van der Waals surface area (Å²) < 4.78 is 91.1. The summed E-state index contributed by atoms with van der Waals surface area (Å²) in [5, 5.41) is 22.0. The Morgan fingerprint density at radius 1 is 0.613 bits per heavy atom. The lowest BCUT2D eigenvalue weighted by atomic mass is 10.2. The minimum Gasteiger partial charge on any atom is -0.445 e. The van der Waals surface area contributed by atoms with E-state index in [9.17, 15) is 46.6 Å². The number of halogens is 6. The van der Waals surface area contributed by atoms with Gasteiger partial charge in [0.2, 0.25) is 34.8 Å². The second-order valence-electron chi connectivity index (χ2n) is 6.34. The number of ether oxygens (including phenoxy) is 1. The van der Waals surface area contributed by atoms with Crippen molar-refractivity contribution in [3.63, 3.8) is 0 Å². The molecular weight excluding hydrogens is 442 g/mol. The van der Waals surface area contributed by atoms with E-state index in [1.54, 1.807) is 0 Å². The van der Waals surface area contributed by atoms with Crippen molar-refractivity contribution in [2.24, 2.45) is 0 Å². The zero-order valence-corrected chi connectivity index (χ0v) is 16.1. The number of nitrogens with zero attached hydrogens (tertiary/aromatic N) is 4. The molecule has 31 heavy (non-hydrogen) atoms. The molecule has 0 aromatic heterocycles. The first kappa shape index (κ1) is 23.5. The monoisotopic (exact) mass is 454 g/mol. The van der Waals surface area contributed by atoms with E-state index in [0.29, 0.717) is 9.80 Å². The first-order valence-corrected chi connectivity index (χ1v) is 7.96. The Bertz CT molecular complexity index is 1020. The van der Waals surface area contributed by atoms with Gasteiger partial charge in [0.15, 0.2) is 23.0 Å². The van der Waals surface area contributed by atoms with Gasteiger partial charge in [-0.3, -0.25) is 20.2 Å². The minimum absolute atomic E-state index is 0.664. The van der Waals surface area contributed by atoms with E-state index in [-0.39, 0.29) is 0 Å². The van der Waals surface area contributed by atoms with Crippen LogP contribution in [-0.2, 0) is 0 Å². The smallest absolute Gasteiger partial charge is 0.334 e. The third-order valence-corrected chi connectivity index (χ3v) is 3.93. The fourth-order valence-corrected chi connectivity index (χ4v) is 2.66. The molecule has 0 heterocycles. The Morgan fingerprint density at radius 3 is 1.13 bits per heavy atom. The summed E-state index contributed by atoms with van der Waals surface area (Å²) in [6, 6.07) is 0. The van der Waals surface area contributed by atoms with Crippen molar-refractivity contribution < 1.29 is 40.9 Å². The molecule has 0 spiro atoms. The second-order valence-corrected chi connectivity index (χ2v) is 6.34. The van der Waals surface area contributed by atoms with Crippen LogP contribution in [0.15, 0.2) is 0 Å². The average Bonchev–Trinajstić information content (AvgIpc) is 2.65. The lowest BCUT2D eigenvalue weighted by Crippen LogP contribution is -2.18. The number of hydrogen-bond acceptors (Lipinski definition) is 7. The fourth-order valence-electron chi connectivity index (χ4n) is 2.66. The molecule has 0 bridgehead atoms. The van der Waals surface area contributed by atoms with E-state index in [1.807, 2.05) is 0 Å². The van der Waals surface area contributed by atoms with Crippen molar-refractivity contribution >= 4 is 22.7 Å². The maximum atomic E-state index is 14.8. The Labute approximate surface area is 169 Å². The summed E-state index contributed by atoms with van der Waals surface area (Å²) in [5.41, 5.74) is -5.54. The average molecular weight is 454 g/mol. The van der Waals surface area contributed by atoms with E-state index in [1.165, 1.54) is 0 Å². The van der Waals surface area contributed by atoms with Crippen LogP contribution in [0.25, 0.3) is 0 Å². The molecule has 0 radical (unpaired) electrons. The molecule has 15 heteroatoms. The summed E-state index contributed by atoms with van der Waals surface area (Å²) in [4.78, 5) is 20.5. The van der Waals surface area contributed by atoms with Crippen molar-refractivity contribution in [2.75, 3.05) is 38.0 Å². The molecular formula is C16H12F6N4O5. The molecule has 0 aliphatic carbocycles. The standard InChI is InChI=1S/C16H12F6N4O5/c1-23(2)11-9(21)15(7(19)5(17)13(11)25(27)28)31-16-8(20)6(18)14(26(29)30)12(10(16)22)24(3)4/h1-4H3. The molecule has 0 N–H and O–H groups in total. The van der Waals surface area contributed by atoms with Gasteiger partial charge in [-0.25, -0.2) is 8.78 Å². The Kier molecular flexibility index (Phi) is 6.18. The Hall–Kier alpha value is -3.78. The molecule has 0 amide bonds. The van der Waals surface area contributed by atoms with E-state index in [2.05, 4.69) is 4.74 Å². The molecule has 2 rings (SSSR count). The van der Waals surface area contributed by atoms with Crippen LogP contribution in [0.1, 0.15) is 0 Å². The highest BCUT2D eigenvalue weighted by Crippen LogP contribution is 2.46. The van der Waals surface area contributed by atoms with Crippen LogP contribution >= 0.6 is 0 Å². The van der Waals surface area contributed by atoms with E-state index in [4.69, 9.17) is 0 Å². The third kappa shape index (κ3) is 3.73. The van der Waals surface area contributed by atoms with Gasteiger partial charge >= 0.3 is 11.4 Å². The number of benzene rings is 2. The van der Waals surface area contributed by atoms with Crippen molar-refractivity contribution in [3.8, 4) is 11.5 Å². The van der Waals surface area contributed by atoms with Gasteiger partial charge in [-0.05, 0) is 0 Å². The Balaban J connectivity index is 2.90. The number of nitro benzene ring substituents is 2. The second kappa shape index (κ2) is 8.16. The molecule has 0 atom stereocenters. The Morgan fingerprint density at radius 2 is 0.903 bits per heavy atom. The largest absolute Gasteiger partial charge is 0.445 e. The van der Waals surface area contributed by atoms with Gasteiger partial charge in [-0.2, -0.15) is 17.6 Å². The summed E-state index contributed by atoms with van der Waals surface area (Å²) in [6.07, 6.45) is 0. The van der Waals surface area contributed by atoms with E-state index >= 15 is 0 Å². The number of hydrogen-bond donors (Lipinski definition) is 0. The minimum atomic E-state index is -2.33. The number of anilines is 2. The molecule has 168 valence electrons. The van der Waals surface area contributed by atoms with Gasteiger partial charge in [-0.15, -0.1) is 0 Å². The molecule has 2 aromatic carbocycles. The third-order valence-electron chi connectivity index (χ3n) is 3.93. The van der Waals surface area contributed by atoms with Crippen LogP contribution in [0, 0.1) is 55.1 Å². The molecule has 0 saturated carbocycles. The fraction of sp³-hybridized carbons (Fsp3) is 0.250. The maximum absolute atomic E-state index is 14.8. The van der Waals surface area contributed by atoms with Crippen molar-refractivity contribution in [1.82, 2.24) is 0 Å². The van der Waals surface area contributed by atoms with Gasteiger partial charge in [0.25, 0.3) is 0 Å². The predicted molar refractivity (Wildman–Crippen MR) is 94.7 cm³/mol. The highest BCUT2D eigenvalue weighted by molar-refractivity contribution is 5.70. The molecule has 0 saturated heterocycles. The van der Waals surface area contributed by atoms with Crippen molar-refractivity contribution in [2.45, 2.75) is 0 Å². The van der Waals surface area contributed by atoms with Crippen LogP contribution < -0.4 is 14.5 Å². The lowest BCUT2D eigenvalue weighted by Gasteiger charge is -2.19. The quantitative estimate of drug-likeness (QED) is 0.278. The van der Waals surface area contributed by atoms with Crippen molar-refractivity contribution in [1.29, 1.82) is 0 Å². The van der Waals surface area contributed by atoms with Gasteiger partial charge in [0.1, 0.15) is 0 Å². The lowest BCUT2D eigenvalue weighted by molar-refractivity contribution is -0.387. The maximum Gasteiger partial charge on any atom is 0.334 e. The molecule has 0 fully saturated rings. The van der Waals surface area contributed by atoms with Gasteiger partial charge in [-0.1, -0.05) is 0 Å². The zero-order valence-electron chi connectivity index (χ0n) is 16.1. The van der Waals surface area contributed by atoms with Crippen LogP contribution in [-0.4, -0.2) is 38.0 Å². The van der Waals surface area contributed by atoms with Crippen molar-refractivity contribution in [3.05, 3.63) is 55.1 Å². The summed E-state index contributed by atoms with van der Waals surface area (Å²) in [6.45, 7) is 0. The summed E-state index contributed by atoms with van der Waals surface area (Å²) in [7, 11) is 4.07. The highest BCUT2D eigenvalue weighted by atomic mass is 19.2. The normalized spacial score (nSPS) is 10.8. The molecule has 2 aromatic rings. The molecule has 9 nitrogen and oxygen atoms in total. The number of nitro groups is 2. The SMILES string of the molecule is CN(C)c1c(F)c(Oc2c(F)c(F)c([N+](=O)[O-])c(N(C)C)c2F)c(F)c(F)c1[N+](=O)[O-]. The van der Waals surface area contributed by atoms with Crippen LogP contribution in [0.5, 0.6) is 11.5 Å². The topological polar surface area (TPSA) is 102 Å². The molecule has 0 unspecified atom stereocenters. The molecule has 0 aliphatic heterocycles. The first-order valence-electron chi connectivity index (χ1n) is 7.96. The highest BCUT2D eigenvalue weighted by Gasteiger charge is 2.39. The van der Waals surface area contributed by atoms with E-state index in [0.717, 1.165) is 28.2 Å². The zero-order chi connectivity index (χ0) is 23.9. The van der Waals surface area contributed by atoms with Gasteiger partial charge in [0, 0.05) is 28.2 Å². The predicted octanol–water partition coefficient (Wildman–Crippen LogP) is 4.26. The van der Waals surface area contributed by atoms with E-state index < -0.39 is 79.0 Å². The number of rotatable bonds is 6. The summed E-state index contributed by atoms with van der Waals surface area (Å²) >= 11 is 0. The van der Waals surface area contributed by atoms with Gasteiger partial charge < -0.3 is 14.5 Å². The first-order chi connectivity index (χ1) is 14.2. The van der Waals surface area contributed by atoms with Crippen LogP contribution in [0.4, 0.5) is 49.1 Å². The summed E-state index contributed by atoms with van der Waals surface area (Å²) in [5.74, 6) is -16.6.